The van der Waals surface area contributed by atoms with Gasteiger partial charge in [-0.15, -0.1) is 0 Å². The highest BCUT2D eigenvalue weighted by Gasteiger charge is 2.43. The molecule has 1 spiro atoms. The Balaban J connectivity index is 1.31. The van der Waals surface area contributed by atoms with Gasteiger partial charge in [0.25, 0.3) is 5.91 Å². The van der Waals surface area contributed by atoms with Crippen molar-refractivity contribution in [1.29, 1.82) is 0 Å². The normalized spacial score (nSPS) is 17.4. The van der Waals surface area contributed by atoms with E-state index in [-0.39, 0.29) is 23.0 Å². The average molecular weight is 564 g/mol. The zero-order chi connectivity index (χ0) is 29.0. The van der Waals surface area contributed by atoms with Crippen molar-refractivity contribution >= 4 is 28.3 Å². The summed E-state index contributed by atoms with van der Waals surface area (Å²) in [4.78, 5) is 41.9. The monoisotopic (exact) mass is 563 g/mol. The molecule has 2 aromatic heterocycles. The molecule has 0 bridgehead atoms. The van der Waals surface area contributed by atoms with Gasteiger partial charge in [-0.05, 0) is 38.9 Å². The number of hydrogen-bond acceptors (Lipinski definition) is 8. The predicted molar refractivity (Wildman–Crippen MR) is 154 cm³/mol. The molecule has 0 unspecified atom stereocenters. The summed E-state index contributed by atoms with van der Waals surface area (Å²) in [5.41, 5.74) is 1.60. The van der Waals surface area contributed by atoms with E-state index in [1.807, 2.05) is 26.0 Å². The molecule has 1 saturated heterocycles. The highest BCUT2D eigenvalue weighted by atomic mass is 19.1. The van der Waals surface area contributed by atoms with Crippen LogP contribution in [0, 0.1) is 12.7 Å². The first-order valence-electron chi connectivity index (χ1n) is 14.5. The number of rotatable bonds is 11. The van der Waals surface area contributed by atoms with Crippen molar-refractivity contribution in [3.8, 4) is 11.3 Å². The van der Waals surface area contributed by atoms with Crippen molar-refractivity contribution in [2.75, 3.05) is 20.1 Å². The number of likely N-dealkylation sites (tertiary alicyclic amines) is 1. The summed E-state index contributed by atoms with van der Waals surface area (Å²) >= 11 is 0. The van der Waals surface area contributed by atoms with E-state index in [0.717, 1.165) is 56.3 Å². The molecule has 9 nitrogen and oxygen atoms in total. The van der Waals surface area contributed by atoms with Crippen LogP contribution in [-0.2, 0) is 14.4 Å². The van der Waals surface area contributed by atoms with E-state index >= 15 is 4.39 Å². The van der Waals surface area contributed by atoms with Crippen LogP contribution in [0.3, 0.4) is 0 Å². The SMILES string of the molecule is CCC(=O)CCCCC[C@H](NC(=O)C1=NOC2(CCN(C)CC2)C1)c1ncc(-c2cc3ccc(C)nc3cc2F)o1. The van der Waals surface area contributed by atoms with E-state index in [0.29, 0.717) is 42.8 Å². The van der Waals surface area contributed by atoms with Gasteiger partial charge in [0.1, 0.15) is 29.0 Å². The number of carbonyl (C=O) groups excluding carboxylic acids is 2. The summed E-state index contributed by atoms with van der Waals surface area (Å²) in [5.74, 6) is 0.0510. The van der Waals surface area contributed by atoms with Gasteiger partial charge < -0.3 is 19.5 Å². The molecular formula is C31H38FN5O4. The van der Waals surface area contributed by atoms with Gasteiger partial charge in [0.15, 0.2) is 5.76 Å². The number of Topliss-reactive ketones (excluding diaryl/α,β-unsaturated/α-hetero) is 1. The number of nitrogens with one attached hydrogen (secondary N) is 1. The maximum absolute atomic E-state index is 15.1. The number of hydrogen-bond donors (Lipinski definition) is 1. The number of aryl methyl sites for hydroxylation is 1. The molecule has 41 heavy (non-hydrogen) atoms. The molecule has 1 fully saturated rings. The third-order valence-electron chi connectivity index (χ3n) is 8.15. The second-order valence-corrected chi connectivity index (χ2v) is 11.4. The number of carbonyl (C=O) groups is 2. The number of nitrogens with zero attached hydrogens (tertiary/aromatic N) is 4. The van der Waals surface area contributed by atoms with Crippen LogP contribution in [0.4, 0.5) is 4.39 Å². The third kappa shape index (κ3) is 6.81. The lowest BCUT2D eigenvalue weighted by atomic mass is 9.87. The third-order valence-corrected chi connectivity index (χ3v) is 8.15. The fourth-order valence-corrected chi connectivity index (χ4v) is 5.47. The molecule has 0 saturated carbocycles. The number of pyridine rings is 1. The Morgan fingerprint density at radius 1 is 1.17 bits per heavy atom. The van der Waals surface area contributed by atoms with E-state index in [2.05, 4.69) is 32.4 Å². The zero-order valence-corrected chi connectivity index (χ0v) is 24.0. The van der Waals surface area contributed by atoms with E-state index in [1.54, 1.807) is 6.07 Å². The first kappa shape index (κ1) is 28.9. The van der Waals surface area contributed by atoms with Crippen molar-refractivity contribution in [2.24, 2.45) is 5.16 Å². The van der Waals surface area contributed by atoms with Gasteiger partial charge in [-0.25, -0.2) is 9.37 Å². The van der Waals surface area contributed by atoms with Crippen molar-refractivity contribution in [3.63, 3.8) is 0 Å². The summed E-state index contributed by atoms with van der Waals surface area (Å²) in [6, 6.07) is 6.33. The molecule has 2 aliphatic rings. The number of piperidine rings is 1. The Morgan fingerprint density at radius 2 is 1.98 bits per heavy atom. The average Bonchev–Trinajstić information content (AvgIpc) is 3.61. The van der Waals surface area contributed by atoms with Gasteiger partial charge in [-0.3, -0.25) is 14.6 Å². The minimum Gasteiger partial charge on any atom is -0.438 e. The number of aromatic nitrogens is 2. The highest BCUT2D eigenvalue weighted by Crippen LogP contribution is 2.35. The lowest BCUT2D eigenvalue weighted by Gasteiger charge is -2.35. The Bertz CT molecular complexity index is 1440. The van der Waals surface area contributed by atoms with Crippen LogP contribution in [0.5, 0.6) is 0 Å². The fraction of sp³-hybridized carbons (Fsp3) is 0.516. The largest absolute Gasteiger partial charge is 0.438 e. The number of benzene rings is 1. The summed E-state index contributed by atoms with van der Waals surface area (Å²) < 4.78 is 21.2. The van der Waals surface area contributed by atoms with E-state index in [1.165, 1.54) is 12.3 Å². The van der Waals surface area contributed by atoms with Crippen LogP contribution in [0.25, 0.3) is 22.2 Å². The molecule has 0 radical (unpaired) electrons. The first-order chi connectivity index (χ1) is 19.7. The Labute approximate surface area is 239 Å². The number of oxazole rings is 1. The van der Waals surface area contributed by atoms with Crippen LogP contribution in [0.15, 0.2) is 40.0 Å². The van der Waals surface area contributed by atoms with E-state index < -0.39 is 17.5 Å². The number of ketones is 1. The second kappa shape index (κ2) is 12.5. The van der Waals surface area contributed by atoms with Crippen molar-refractivity contribution in [3.05, 3.63) is 47.9 Å². The molecule has 1 amide bonds. The summed E-state index contributed by atoms with van der Waals surface area (Å²) in [6.07, 6.45) is 7.62. The lowest BCUT2D eigenvalue weighted by molar-refractivity contribution is -0.119. The molecule has 0 aliphatic carbocycles. The minimum atomic E-state index is -0.539. The molecule has 1 N–H and O–H groups in total. The van der Waals surface area contributed by atoms with Crippen molar-refractivity contribution < 1.29 is 23.2 Å². The molecule has 3 aromatic rings. The van der Waals surface area contributed by atoms with Gasteiger partial charge in [-0.1, -0.05) is 31.0 Å². The quantitative estimate of drug-likeness (QED) is 0.300. The van der Waals surface area contributed by atoms with Crippen LogP contribution < -0.4 is 5.32 Å². The topological polar surface area (TPSA) is 110 Å². The van der Waals surface area contributed by atoms with Crippen LogP contribution in [0.1, 0.15) is 82.3 Å². The Hall–Kier alpha value is -3.66. The molecule has 1 aromatic carbocycles. The maximum Gasteiger partial charge on any atom is 0.269 e. The molecule has 5 rings (SSSR count). The van der Waals surface area contributed by atoms with Gasteiger partial charge >= 0.3 is 0 Å². The molecule has 1 atom stereocenters. The smallest absolute Gasteiger partial charge is 0.269 e. The molecule has 10 heteroatoms. The predicted octanol–water partition coefficient (Wildman–Crippen LogP) is 5.66. The minimum absolute atomic E-state index is 0.247. The fourth-order valence-electron chi connectivity index (χ4n) is 5.47. The van der Waals surface area contributed by atoms with Gasteiger partial charge in [0.2, 0.25) is 5.89 Å². The van der Waals surface area contributed by atoms with Crippen molar-refractivity contribution in [1.82, 2.24) is 20.2 Å². The van der Waals surface area contributed by atoms with Gasteiger partial charge in [0.05, 0.1) is 17.3 Å². The highest BCUT2D eigenvalue weighted by molar-refractivity contribution is 6.39. The number of oxime groups is 1. The molecule has 4 heterocycles. The maximum atomic E-state index is 15.1. The van der Waals surface area contributed by atoms with Crippen molar-refractivity contribution in [2.45, 2.75) is 83.3 Å². The lowest BCUT2D eigenvalue weighted by Crippen LogP contribution is -2.44. The summed E-state index contributed by atoms with van der Waals surface area (Å²) in [5, 5.41) is 8.00. The number of fused-ring (bicyclic) bond motifs is 1. The molecular weight excluding hydrogens is 525 g/mol. The van der Waals surface area contributed by atoms with E-state index in [9.17, 15) is 9.59 Å². The number of amides is 1. The summed E-state index contributed by atoms with van der Waals surface area (Å²) in [7, 11) is 2.07. The van der Waals surface area contributed by atoms with Gasteiger partial charge in [-0.2, -0.15) is 0 Å². The van der Waals surface area contributed by atoms with Crippen LogP contribution in [-0.4, -0.2) is 58.0 Å². The van der Waals surface area contributed by atoms with E-state index in [4.69, 9.17) is 9.25 Å². The number of halogens is 1. The second-order valence-electron chi connectivity index (χ2n) is 11.4. The Kier molecular flexibility index (Phi) is 8.77. The van der Waals surface area contributed by atoms with Gasteiger partial charge in [0, 0.05) is 62.3 Å². The molecule has 218 valence electrons. The Morgan fingerprint density at radius 3 is 2.76 bits per heavy atom. The molecule has 2 aliphatic heterocycles. The standard InChI is InChI=1S/C31H38FN5O4/c1-4-22(38)8-6-5-7-9-25(35-29(39)27-18-31(41-36-27)12-14-37(3)15-13-31)30-33-19-28(40-30)23-16-21-11-10-20(2)34-26(21)17-24(23)32/h10-11,16-17,19,25H,4-9,12-15,18H2,1-3H3,(H,35,39)/t25-/m0/s1. The summed E-state index contributed by atoms with van der Waals surface area (Å²) in [6.45, 7) is 5.53. The first-order valence-corrected chi connectivity index (χ1v) is 14.5. The van der Waals surface area contributed by atoms with Crippen LogP contribution in [0.2, 0.25) is 0 Å². The zero-order valence-electron chi connectivity index (χ0n) is 24.0. The van der Waals surface area contributed by atoms with Crippen LogP contribution >= 0.6 is 0 Å². The number of unbranched alkanes of at least 4 members (excludes halogenated alkanes) is 2.